The molecule has 1 aromatic heterocycles. The molecule has 0 fully saturated rings. The molecule has 3 aromatic rings. The molecule has 0 saturated heterocycles. The molecule has 1 heterocycles. The smallest absolute Gasteiger partial charge is 0.348 e. The highest BCUT2D eigenvalue weighted by Gasteiger charge is 2.30. The SMILES string of the molecule is Cc1c(C(=O)NCc2cccc(C(F)(F)F)c2)cnn1-c1ccccc1F. The van der Waals surface area contributed by atoms with E-state index in [1.54, 1.807) is 19.1 Å². The minimum absolute atomic E-state index is 0.0763. The molecule has 0 radical (unpaired) electrons. The third kappa shape index (κ3) is 3.99. The van der Waals surface area contributed by atoms with Gasteiger partial charge in [-0.3, -0.25) is 4.79 Å². The molecule has 140 valence electrons. The predicted molar refractivity (Wildman–Crippen MR) is 90.9 cm³/mol. The van der Waals surface area contributed by atoms with Gasteiger partial charge in [-0.15, -0.1) is 0 Å². The van der Waals surface area contributed by atoms with Gasteiger partial charge in [-0.05, 0) is 36.8 Å². The zero-order valence-corrected chi connectivity index (χ0v) is 14.2. The number of benzene rings is 2. The van der Waals surface area contributed by atoms with Crippen LogP contribution >= 0.6 is 0 Å². The second-order valence-corrected chi connectivity index (χ2v) is 5.89. The summed E-state index contributed by atoms with van der Waals surface area (Å²) < 4.78 is 53.5. The van der Waals surface area contributed by atoms with Crippen LogP contribution in [0.5, 0.6) is 0 Å². The van der Waals surface area contributed by atoms with Crippen LogP contribution in [0.4, 0.5) is 17.6 Å². The van der Waals surface area contributed by atoms with Crippen LogP contribution in [0.25, 0.3) is 5.69 Å². The van der Waals surface area contributed by atoms with Gasteiger partial charge in [0.15, 0.2) is 0 Å². The fourth-order valence-electron chi connectivity index (χ4n) is 2.63. The molecule has 8 heteroatoms. The monoisotopic (exact) mass is 377 g/mol. The van der Waals surface area contributed by atoms with Crippen molar-refractivity contribution in [1.82, 2.24) is 15.1 Å². The zero-order chi connectivity index (χ0) is 19.6. The number of hydrogen-bond donors (Lipinski definition) is 1. The van der Waals surface area contributed by atoms with Gasteiger partial charge in [0.05, 0.1) is 23.0 Å². The molecule has 4 nitrogen and oxygen atoms in total. The highest BCUT2D eigenvalue weighted by Crippen LogP contribution is 2.29. The zero-order valence-electron chi connectivity index (χ0n) is 14.2. The quantitative estimate of drug-likeness (QED) is 0.691. The summed E-state index contributed by atoms with van der Waals surface area (Å²) in [6.45, 7) is 1.53. The number of carbonyl (C=O) groups is 1. The van der Waals surface area contributed by atoms with E-state index in [0.29, 0.717) is 11.3 Å². The first-order chi connectivity index (χ1) is 12.8. The number of nitrogens with zero attached hydrogens (tertiary/aromatic N) is 2. The first-order valence-corrected chi connectivity index (χ1v) is 8.01. The Hall–Kier alpha value is -3.16. The highest BCUT2D eigenvalue weighted by atomic mass is 19.4. The minimum Gasteiger partial charge on any atom is -0.348 e. The van der Waals surface area contributed by atoms with Crippen molar-refractivity contribution in [2.75, 3.05) is 0 Å². The van der Waals surface area contributed by atoms with Gasteiger partial charge in [-0.2, -0.15) is 18.3 Å². The number of carbonyl (C=O) groups excluding carboxylic acids is 1. The highest BCUT2D eigenvalue weighted by molar-refractivity contribution is 5.95. The molecule has 0 spiro atoms. The van der Waals surface area contributed by atoms with Gasteiger partial charge in [-0.1, -0.05) is 24.3 Å². The molecular weight excluding hydrogens is 362 g/mol. The number of hydrogen-bond acceptors (Lipinski definition) is 2. The molecule has 0 aliphatic rings. The molecule has 0 unspecified atom stereocenters. The Balaban J connectivity index is 1.76. The Morgan fingerprint density at radius 2 is 1.89 bits per heavy atom. The summed E-state index contributed by atoms with van der Waals surface area (Å²) in [5, 5.41) is 6.60. The van der Waals surface area contributed by atoms with E-state index in [1.165, 1.54) is 35.1 Å². The summed E-state index contributed by atoms with van der Waals surface area (Å²) >= 11 is 0. The summed E-state index contributed by atoms with van der Waals surface area (Å²) in [7, 11) is 0. The summed E-state index contributed by atoms with van der Waals surface area (Å²) in [6.07, 6.45) is -3.15. The van der Waals surface area contributed by atoms with E-state index in [0.717, 1.165) is 12.1 Å². The van der Waals surface area contributed by atoms with Crippen LogP contribution in [-0.2, 0) is 12.7 Å². The van der Waals surface area contributed by atoms with Crippen molar-refractivity contribution >= 4 is 5.91 Å². The van der Waals surface area contributed by atoms with Gasteiger partial charge in [0.1, 0.15) is 11.5 Å². The Morgan fingerprint density at radius 3 is 2.59 bits per heavy atom. The second-order valence-electron chi connectivity index (χ2n) is 5.89. The van der Waals surface area contributed by atoms with Crippen LogP contribution in [-0.4, -0.2) is 15.7 Å². The van der Waals surface area contributed by atoms with Crippen LogP contribution in [0.3, 0.4) is 0 Å². The van der Waals surface area contributed by atoms with E-state index >= 15 is 0 Å². The first kappa shape index (κ1) is 18.6. The Morgan fingerprint density at radius 1 is 1.15 bits per heavy atom. The summed E-state index contributed by atoms with van der Waals surface area (Å²) in [4.78, 5) is 12.4. The van der Waals surface area contributed by atoms with Gasteiger partial charge in [-0.25, -0.2) is 9.07 Å². The molecule has 0 saturated carbocycles. The Kier molecular flexibility index (Phi) is 4.98. The summed E-state index contributed by atoms with van der Waals surface area (Å²) in [6, 6.07) is 10.7. The number of nitrogens with one attached hydrogen (secondary N) is 1. The maximum Gasteiger partial charge on any atom is 0.416 e. The average Bonchev–Trinajstić information content (AvgIpc) is 3.01. The molecule has 0 atom stereocenters. The van der Waals surface area contributed by atoms with Gasteiger partial charge < -0.3 is 5.32 Å². The van der Waals surface area contributed by atoms with Crippen molar-refractivity contribution in [2.45, 2.75) is 19.6 Å². The fraction of sp³-hybridized carbons (Fsp3) is 0.158. The van der Waals surface area contributed by atoms with Gasteiger partial charge in [0.2, 0.25) is 0 Å². The fourth-order valence-corrected chi connectivity index (χ4v) is 2.63. The summed E-state index contributed by atoms with van der Waals surface area (Å²) in [5.41, 5.74) is 0.369. The molecule has 0 aliphatic heterocycles. The van der Waals surface area contributed by atoms with Crippen molar-refractivity contribution < 1.29 is 22.4 Å². The third-order valence-corrected chi connectivity index (χ3v) is 4.04. The molecule has 0 aliphatic carbocycles. The maximum atomic E-state index is 13.9. The normalized spacial score (nSPS) is 11.4. The van der Waals surface area contributed by atoms with Gasteiger partial charge >= 0.3 is 6.18 Å². The molecule has 1 amide bonds. The summed E-state index contributed by atoms with van der Waals surface area (Å²) in [5.74, 6) is -0.993. The lowest BCUT2D eigenvalue weighted by Gasteiger charge is -2.10. The topological polar surface area (TPSA) is 46.9 Å². The lowest BCUT2D eigenvalue weighted by molar-refractivity contribution is -0.137. The standard InChI is InChI=1S/C19H15F4N3O/c1-12-15(11-25-26(12)17-8-3-2-7-16(17)20)18(27)24-10-13-5-4-6-14(9-13)19(21,22)23/h2-9,11H,10H2,1H3,(H,24,27). The average molecular weight is 377 g/mol. The van der Waals surface area contributed by atoms with E-state index in [1.807, 2.05) is 0 Å². The molecule has 1 N–H and O–H groups in total. The van der Waals surface area contributed by atoms with E-state index in [2.05, 4.69) is 10.4 Å². The van der Waals surface area contributed by atoms with Gasteiger partial charge in [0.25, 0.3) is 5.91 Å². The number of alkyl halides is 3. The lowest BCUT2D eigenvalue weighted by Crippen LogP contribution is -2.23. The van der Waals surface area contributed by atoms with Crippen molar-refractivity contribution in [2.24, 2.45) is 0 Å². The third-order valence-electron chi connectivity index (χ3n) is 4.04. The molecule has 0 bridgehead atoms. The number of para-hydroxylation sites is 1. The molecule has 27 heavy (non-hydrogen) atoms. The number of halogens is 4. The van der Waals surface area contributed by atoms with Crippen LogP contribution in [0.15, 0.2) is 54.7 Å². The molecule has 2 aromatic carbocycles. The van der Waals surface area contributed by atoms with Crippen LogP contribution in [0, 0.1) is 12.7 Å². The largest absolute Gasteiger partial charge is 0.416 e. The van der Waals surface area contributed by atoms with Crippen LogP contribution < -0.4 is 5.32 Å². The molecule has 3 rings (SSSR count). The van der Waals surface area contributed by atoms with E-state index < -0.39 is 23.5 Å². The van der Waals surface area contributed by atoms with Crippen molar-refractivity contribution in [3.05, 3.63) is 82.9 Å². The number of aromatic nitrogens is 2. The van der Waals surface area contributed by atoms with Crippen molar-refractivity contribution in [1.29, 1.82) is 0 Å². The van der Waals surface area contributed by atoms with Crippen molar-refractivity contribution in [3.63, 3.8) is 0 Å². The number of rotatable bonds is 4. The van der Waals surface area contributed by atoms with Crippen LogP contribution in [0.1, 0.15) is 27.2 Å². The van der Waals surface area contributed by atoms with E-state index in [4.69, 9.17) is 0 Å². The van der Waals surface area contributed by atoms with E-state index in [9.17, 15) is 22.4 Å². The predicted octanol–water partition coefficient (Wildman–Crippen LogP) is 4.27. The Labute approximate surface area is 152 Å². The van der Waals surface area contributed by atoms with Crippen LogP contribution in [0.2, 0.25) is 0 Å². The van der Waals surface area contributed by atoms with Crippen molar-refractivity contribution in [3.8, 4) is 5.69 Å². The van der Waals surface area contributed by atoms with Gasteiger partial charge in [0, 0.05) is 6.54 Å². The maximum absolute atomic E-state index is 13.9. The Bertz CT molecular complexity index is 979. The van der Waals surface area contributed by atoms with E-state index in [-0.39, 0.29) is 17.8 Å². The first-order valence-electron chi connectivity index (χ1n) is 8.01. The second kappa shape index (κ2) is 7.22. The lowest BCUT2D eigenvalue weighted by atomic mass is 10.1. The molecular formula is C19H15F4N3O. The number of amides is 1. The minimum atomic E-state index is -4.45.